The van der Waals surface area contributed by atoms with Crippen molar-refractivity contribution in [2.24, 2.45) is 0 Å². The Bertz CT molecular complexity index is 229. The fourth-order valence-corrected chi connectivity index (χ4v) is 3.10. The van der Waals surface area contributed by atoms with Crippen LogP contribution in [0.3, 0.4) is 0 Å². The fraction of sp³-hybridized carbons (Fsp3) is 0.846. The maximum absolute atomic E-state index is 3.45. The monoisotopic (exact) mass is 208 g/mol. The van der Waals surface area contributed by atoms with Gasteiger partial charge in [-0.25, -0.2) is 0 Å². The average molecular weight is 208 g/mol. The number of hydrogen-bond donors (Lipinski definition) is 1. The standard InChI is InChI=1S/C13H24N2/c1-10(2)6-7-15-12-4-5-13(15)9-11(8-12)14-3/h6,11-14H,4-5,7-9H2,1-3H3. The van der Waals surface area contributed by atoms with Crippen LogP contribution in [0.15, 0.2) is 11.6 Å². The lowest BCUT2D eigenvalue weighted by atomic mass is 9.97. The highest BCUT2D eigenvalue weighted by atomic mass is 15.2. The number of rotatable bonds is 3. The molecule has 2 unspecified atom stereocenters. The molecule has 0 spiro atoms. The molecule has 0 saturated carbocycles. The van der Waals surface area contributed by atoms with Crippen LogP contribution in [0.1, 0.15) is 39.5 Å². The molecule has 0 aromatic heterocycles. The number of nitrogens with zero attached hydrogens (tertiary/aromatic N) is 1. The Morgan fingerprint density at radius 1 is 1.27 bits per heavy atom. The minimum atomic E-state index is 0.769. The Hall–Kier alpha value is -0.340. The second kappa shape index (κ2) is 4.67. The predicted octanol–water partition coefficient (Wildman–Crippen LogP) is 2.17. The topological polar surface area (TPSA) is 15.3 Å². The van der Waals surface area contributed by atoms with Crippen molar-refractivity contribution in [2.75, 3.05) is 13.6 Å². The molecule has 0 aromatic rings. The van der Waals surface area contributed by atoms with Crippen molar-refractivity contribution in [3.8, 4) is 0 Å². The third-order valence-electron chi connectivity index (χ3n) is 4.00. The molecule has 2 saturated heterocycles. The molecule has 15 heavy (non-hydrogen) atoms. The molecule has 2 aliphatic rings. The molecule has 2 aliphatic heterocycles. The van der Waals surface area contributed by atoms with Gasteiger partial charge in [-0.2, -0.15) is 0 Å². The van der Waals surface area contributed by atoms with Crippen LogP contribution in [0, 0.1) is 0 Å². The highest BCUT2D eigenvalue weighted by Crippen LogP contribution is 2.35. The summed E-state index contributed by atoms with van der Waals surface area (Å²) in [6, 6.07) is 2.46. The van der Waals surface area contributed by atoms with Gasteiger partial charge < -0.3 is 5.32 Å². The van der Waals surface area contributed by atoms with Crippen LogP contribution in [-0.4, -0.2) is 36.6 Å². The maximum Gasteiger partial charge on any atom is 0.0171 e. The fourth-order valence-electron chi connectivity index (χ4n) is 3.10. The van der Waals surface area contributed by atoms with Crippen molar-refractivity contribution in [1.82, 2.24) is 10.2 Å². The van der Waals surface area contributed by atoms with Crippen molar-refractivity contribution >= 4 is 0 Å². The van der Waals surface area contributed by atoms with Crippen molar-refractivity contribution in [3.63, 3.8) is 0 Å². The van der Waals surface area contributed by atoms with Gasteiger partial charge >= 0.3 is 0 Å². The minimum absolute atomic E-state index is 0.769. The van der Waals surface area contributed by atoms with Crippen LogP contribution >= 0.6 is 0 Å². The molecule has 0 aliphatic carbocycles. The SMILES string of the molecule is CNC1CC2CCC(C1)N2CC=C(C)C. The first-order valence-corrected chi connectivity index (χ1v) is 6.27. The van der Waals surface area contributed by atoms with Crippen molar-refractivity contribution < 1.29 is 0 Å². The quantitative estimate of drug-likeness (QED) is 0.715. The summed E-state index contributed by atoms with van der Waals surface area (Å²) >= 11 is 0. The van der Waals surface area contributed by atoms with Gasteiger partial charge in [0.15, 0.2) is 0 Å². The van der Waals surface area contributed by atoms with Gasteiger partial charge in [0.05, 0.1) is 0 Å². The van der Waals surface area contributed by atoms with Crippen molar-refractivity contribution in [3.05, 3.63) is 11.6 Å². The molecular weight excluding hydrogens is 184 g/mol. The van der Waals surface area contributed by atoms with E-state index in [0.29, 0.717) is 0 Å². The summed E-state index contributed by atoms with van der Waals surface area (Å²) in [6.45, 7) is 5.57. The number of hydrogen-bond acceptors (Lipinski definition) is 2. The molecule has 2 bridgehead atoms. The second-order valence-electron chi connectivity index (χ2n) is 5.32. The lowest BCUT2D eigenvalue weighted by Gasteiger charge is -2.38. The van der Waals surface area contributed by atoms with Crippen LogP contribution < -0.4 is 5.32 Å². The number of nitrogens with one attached hydrogen (secondary N) is 1. The van der Waals surface area contributed by atoms with E-state index in [0.717, 1.165) is 18.1 Å². The van der Waals surface area contributed by atoms with Gasteiger partial charge in [0.1, 0.15) is 0 Å². The van der Waals surface area contributed by atoms with Gasteiger partial charge in [-0.3, -0.25) is 4.90 Å². The van der Waals surface area contributed by atoms with Gasteiger partial charge in [0, 0.05) is 24.7 Å². The largest absolute Gasteiger partial charge is 0.317 e. The third kappa shape index (κ3) is 2.43. The maximum atomic E-state index is 3.45. The summed E-state index contributed by atoms with van der Waals surface area (Å²) in [4.78, 5) is 2.72. The zero-order valence-corrected chi connectivity index (χ0v) is 10.3. The zero-order valence-electron chi connectivity index (χ0n) is 10.3. The summed E-state index contributed by atoms with van der Waals surface area (Å²) in [7, 11) is 2.11. The molecule has 2 nitrogen and oxygen atoms in total. The lowest BCUT2D eigenvalue weighted by molar-refractivity contribution is 0.134. The summed E-state index contributed by atoms with van der Waals surface area (Å²) < 4.78 is 0. The summed E-state index contributed by atoms with van der Waals surface area (Å²) in [5.41, 5.74) is 1.45. The molecule has 0 amide bonds. The van der Waals surface area contributed by atoms with Gasteiger partial charge in [-0.15, -0.1) is 0 Å². The second-order valence-corrected chi connectivity index (χ2v) is 5.32. The Kier molecular flexibility index (Phi) is 3.47. The van der Waals surface area contributed by atoms with E-state index in [1.165, 1.54) is 37.8 Å². The predicted molar refractivity (Wildman–Crippen MR) is 65.0 cm³/mol. The van der Waals surface area contributed by atoms with Crippen molar-refractivity contribution in [1.29, 1.82) is 0 Å². The van der Waals surface area contributed by atoms with Gasteiger partial charge in [0.25, 0.3) is 0 Å². The van der Waals surface area contributed by atoms with Crippen LogP contribution in [-0.2, 0) is 0 Å². The molecule has 2 atom stereocenters. The molecule has 1 N–H and O–H groups in total. The van der Waals surface area contributed by atoms with E-state index >= 15 is 0 Å². The highest BCUT2D eigenvalue weighted by Gasteiger charge is 2.39. The van der Waals surface area contributed by atoms with Gasteiger partial charge in [-0.05, 0) is 46.6 Å². The summed E-state index contributed by atoms with van der Waals surface area (Å²) in [6.07, 6.45) is 7.91. The van der Waals surface area contributed by atoms with E-state index in [-0.39, 0.29) is 0 Å². The minimum Gasteiger partial charge on any atom is -0.317 e. The number of allylic oxidation sites excluding steroid dienone is 1. The van der Waals surface area contributed by atoms with Crippen LogP contribution in [0.4, 0.5) is 0 Å². The van der Waals surface area contributed by atoms with E-state index in [1.54, 1.807) is 0 Å². The first-order chi connectivity index (χ1) is 7.20. The molecule has 2 rings (SSSR count). The van der Waals surface area contributed by atoms with Crippen LogP contribution in [0.25, 0.3) is 0 Å². The molecule has 2 fully saturated rings. The average Bonchev–Trinajstić information content (AvgIpc) is 2.46. The highest BCUT2D eigenvalue weighted by molar-refractivity contribution is 5.02. The number of fused-ring (bicyclic) bond motifs is 2. The third-order valence-corrected chi connectivity index (χ3v) is 4.00. The molecule has 2 heterocycles. The molecular formula is C13H24N2. The Balaban J connectivity index is 1.95. The first kappa shape index (κ1) is 11.2. The molecule has 86 valence electrons. The Morgan fingerprint density at radius 3 is 2.33 bits per heavy atom. The normalized spacial score (nSPS) is 35.5. The van der Waals surface area contributed by atoms with E-state index < -0.39 is 0 Å². The van der Waals surface area contributed by atoms with E-state index in [1.807, 2.05) is 0 Å². The van der Waals surface area contributed by atoms with Gasteiger partial charge in [-0.1, -0.05) is 11.6 Å². The van der Waals surface area contributed by atoms with Crippen molar-refractivity contribution in [2.45, 2.75) is 57.7 Å². The molecule has 0 aromatic carbocycles. The Morgan fingerprint density at radius 2 is 1.87 bits per heavy atom. The number of piperidine rings is 1. The molecule has 0 radical (unpaired) electrons. The van der Waals surface area contributed by atoms with E-state index in [9.17, 15) is 0 Å². The first-order valence-electron chi connectivity index (χ1n) is 6.27. The van der Waals surface area contributed by atoms with Crippen LogP contribution in [0.2, 0.25) is 0 Å². The Labute approximate surface area is 93.7 Å². The van der Waals surface area contributed by atoms with E-state index in [4.69, 9.17) is 0 Å². The smallest absolute Gasteiger partial charge is 0.0171 e. The van der Waals surface area contributed by atoms with Crippen LogP contribution in [0.5, 0.6) is 0 Å². The summed E-state index contributed by atoms with van der Waals surface area (Å²) in [5.74, 6) is 0. The summed E-state index contributed by atoms with van der Waals surface area (Å²) in [5, 5.41) is 3.45. The van der Waals surface area contributed by atoms with E-state index in [2.05, 4.69) is 37.2 Å². The lowest BCUT2D eigenvalue weighted by Crippen LogP contribution is -2.48. The molecule has 2 heteroatoms. The van der Waals surface area contributed by atoms with Gasteiger partial charge in [0.2, 0.25) is 0 Å². The zero-order chi connectivity index (χ0) is 10.8.